The average Bonchev–Trinajstić information content (AvgIpc) is 3.12. The van der Waals surface area contributed by atoms with Gasteiger partial charge in [-0.1, -0.05) is 50.1 Å². The number of nitrogens with one attached hydrogen (secondary N) is 1. The Kier molecular flexibility index (Phi) is 7.47. The van der Waals surface area contributed by atoms with Crippen molar-refractivity contribution in [2.45, 2.75) is 6.36 Å². The molecule has 0 radical (unpaired) electrons. The molecule has 0 spiro atoms. The molecule has 0 amide bonds. The van der Waals surface area contributed by atoms with Gasteiger partial charge in [-0.2, -0.15) is 0 Å². The Morgan fingerprint density at radius 2 is 1.50 bits per heavy atom. The van der Waals surface area contributed by atoms with Crippen LogP contribution in [0, 0.1) is 0 Å². The summed E-state index contributed by atoms with van der Waals surface area (Å²) in [5.41, 5.74) is 14.6. The standard InChI is InChI=1S/C16H10BrF3N2O.C6H7BrN2/c17-11-4-7-13-14(9-11)22-15(21-13)8-3-10-1-5-12(6-2-10)23-16(18,19)20;7-4-1-2-5(8)6(9)3-4/h1-9H,(H,21,22);1-3H,8-9H2/b8-3+;. The van der Waals surface area contributed by atoms with E-state index in [0.29, 0.717) is 17.2 Å². The molecule has 0 unspecified atom stereocenters. The van der Waals surface area contributed by atoms with Crippen molar-refractivity contribution in [2.24, 2.45) is 0 Å². The normalized spacial score (nSPS) is 11.4. The van der Waals surface area contributed by atoms with Gasteiger partial charge in [-0.05, 0) is 60.2 Å². The number of ether oxygens (including phenoxy) is 1. The van der Waals surface area contributed by atoms with E-state index in [9.17, 15) is 13.2 Å². The third-order valence-electron chi connectivity index (χ3n) is 4.06. The summed E-state index contributed by atoms with van der Waals surface area (Å²) in [6, 6.07) is 16.7. The van der Waals surface area contributed by atoms with Gasteiger partial charge in [0.25, 0.3) is 0 Å². The van der Waals surface area contributed by atoms with Crippen LogP contribution in [0.4, 0.5) is 24.5 Å². The highest BCUT2D eigenvalue weighted by Gasteiger charge is 2.30. The number of aromatic amines is 1. The van der Waals surface area contributed by atoms with E-state index < -0.39 is 6.36 Å². The molecule has 4 aromatic rings. The minimum absolute atomic E-state index is 0.247. The molecule has 0 aliphatic carbocycles. The smallest absolute Gasteiger partial charge is 0.406 e. The van der Waals surface area contributed by atoms with E-state index in [2.05, 4.69) is 46.6 Å². The Morgan fingerprint density at radius 1 is 0.844 bits per heavy atom. The van der Waals surface area contributed by atoms with E-state index in [1.54, 1.807) is 24.3 Å². The number of aromatic nitrogens is 2. The first-order chi connectivity index (χ1) is 15.1. The Labute approximate surface area is 198 Å². The van der Waals surface area contributed by atoms with Crippen LogP contribution in [-0.2, 0) is 0 Å². The number of H-pyrrole nitrogens is 1. The maximum atomic E-state index is 12.1. The molecule has 0 aliphatic heterocycles. The van der Waals surface area contributed by atoms with Crippen LogP contribution in [0.25, 0.3) is 23.2 Å². The number of nitrogens with zero attached hydrogens (tertiary/aromatic N) is 1. The summed E-state index contributed by atoms with van der Waals surface area (Å²) >= 11 is 6.65. The molecule has 1 aromatic heterocycles. The van der Waals surface area contributed by atoms with Crippen LogP contribution in [0.2, 0.25) is 0 Å². The molecule has 3 aromatic carbocycles. The van der Waals surface area contributed by atoms with E-state index in [-0.39, 0.29) is 5.75 Å². The van der Waals surface area contributed by atoms with Crippen molar-refractivity contribution in [1.82, 2.24) is 9.97 Å². The second-order valence-corrected chi connectivity index (χ2v) is 8.34. The van der Waals surface area contributed by atoms with Crippen molar-refractivity contribution >= 4 is 66.4 Å². The van der Waals surface area contributed by atoms with Gasteiger partial charge < -0.3 is 21.2 Å². The highest BCUT2D eigenvalue weighted by molar-refractivity contribution is 9.10. The third-order valence-corrected chi connectivity index (χ3v) is 5.04. The van der Waals surface area contributed by atoms with Gasteiger partial charge in [0, 0.05) is 8.95 Å². The molecule has 0 fully saturated rings. The topological polar surface area (TPSA) is 89.9 Å². The lowest BCUT2D eigenvalue weighted by Crippen LogP contribution is -2.16. The summed E-state index contributed by atoms with van der Waals surface area (Å²) in [5, 5.41) is 0. The molecule has 166 valence electrons. The fourth-order valence-corrected chi connectivity index (χ4v) is 3.32. The highest BCUT2D eigenvalue weighted by Crippen LogP contribution is 2.24. The molecular formula is C22H17Br2F3N4O. The number of rotatable bonds is 3. The Morgan fingerprint density at radius 3 is 2.12 bits per heavy atom. The number of nitrogen functional groups attached to an aromatic ring is 2. The molecular weight excluding hydrogens is 553 g/mol. The lowest BCUT2D eigenvalue weighted by Gasteiger charge is -2.08. The lowest BCUT2D eigenvalue weighted by atomic mass is 10.2. The van der Waals surface area contributed by atoms with E-state index in [1.807, 2.05) is 24.3 Å². The highest BCUT2D eigenvalue weighted by atomic mass is 79.9. The average molecular weight is 570 g/mol. The predicted molar refractivity (Wildman–Crippen MR) is 129 cm³/mol. The summed E-state index contributed by atoms with van der Waals surface area (Å²) in [7, 11) is 0. The maximum Gasteiger partial charge on any atom is 0.573 e. The van der Waals surface area contributed by atoms with Crippen LogP contribution < -0.4 is 16.2 Å². The molecule has 5 N–H and O–H groups in total. The van der Waals surface area contributed by atoms with E-state index in [4.69, 9.17) is 11.5 Å². The van der Waals surface area contributed by atoms with Crippen LogP contribution in [0.3, 0.4) is 0 Å². The monoisotopic (exact) mass is 568 g/mol. The summed E-state index contributed by atoms with van der Waals surface area (Å²) in [6.45, 7) is 0. The summed E-state index contributed by atoms with van der Waals surface area (Å²) in [4.78, 5) is 7.55. The number of imidazole rings is 1. The molecule has 0 bridgehead atoms. The maximum absolute atomic E-state index is 12.1. The van der Waals surface area contributed by atoms with Crippen LogP contribution >= 0.6 is 31.9 Å². The first-order valence-corrected chi connectivity index (χ1v) is 10.7. The third kappa shape index (κ3) is 7.03. The zero-order valence-electron chi connectivity index (χ0n) is 16.3. The fourth-order valence-electron chi connectivity index (χ4n) is 2.58. The van der Waals surface area contributed by atoms with Gasteiger partial charge >= 0.3 is 6.36 Å². The van der Waals surface area contributed by atoms with Crippen LogP contribution in [0.15, 0.2) is 69.6 Å². The van der Waals surface area contributed by atoms with Gasteiger partial charge in [0.05, 0.1) is 22.4 Å². The molecule has 4 rings (SSSR count). The Bertz CT molecular complexity index is 1240. The molecule has 0 saturated heterocycles. The van der Waals surface area contributed by atoms with Crippen molar-refractivity contribution in [3.63, 3.8) is 0 Å². The van der Waals surface area contributed by atoms with Crippen LogP contribution in [-0.4, -0.2) is 16.3 Å². The summed E-state index contributed by atoms with van der Waals surface area (Å²) in [6.07, 6.45) is -1.17. The lowest BCUT2D eigenvalue weighted by molar-refractivity contribution is -0.274. The van der Waals surface area contributed by atoms with E-state index >= 15 is 0 Å². The molecule has 1 heterocycles. The molecule has 0 saturated carbocycles. The Hall–Kier alpha value is -2.98. The number of nitrogens with two attached hydrogens (primary N) is 2. The first kappa shape index (κ1) is 23.7. The van der Waals surface area contributed by atoms with Gasteiger partial charge in [-0.25, -0.2) is 4.98 Å². The fraction of sp³-hybridized carbons (Fsp3) is 0.0455. The molecule has 32 heavy (non-hydrogen) atoms. The van der Waals surface area contributed by atoms with Crippen molar-refractivity contribution in [1.29, 1.82) is 0 Å². The van der Waals surface area contributed by atoms with E-state index in [1.165, 1.54) is 24.3 Å². The van der Waals surface area contributed by atoms with Crippen molar-refractivity contribution in [3.05, 3.63) is 81.0 Å². The van der Waals surface area contributed by atoms with E-state index in [0.717, 1.165) is 25.5 Å². The number of anilines is 2. The predicted octanol–water partition coefficient (Wildman–Crippen LogP) is 7.01. The number of hydrogen-bond donors (Lipinski definition) is 3. The molecule has 0 atom stereocenters. The van der Waals surface area contributed by atoms with Gasteiger partial charge in [0.1, 0.15) is 11.6 Å². The zero-order chi connectivity index (χ0) is 23.3. The molecule has 0 aliphatic rings. The number of hydrogen-bond acceptors (Lipinski definition) is 4. The SMILES string of the molecule is FC(F)(F)Oc1ccc(/C=C/c2nc3ccc(Br)cc3[nH]2)cc1.Nc1ccc(Br)cc1N. The Balaban J connectivity index is 0.000000269. The minimum atomic E-state index is -4.68. The van der Waals surface area contributed by atoms with Gasteiger partial charge in [0.15, 0.2) is 0 Å². The van der Waals surface area contributed by atoms with Crippen molar-refractivity contribution < 1.29 is 17.9 Å². The second-order valence-electron chi connectivity index (χ2n) is 6.51. The first-order valence-electron chi connectivity index (χ1n) is 9.09. The number of alkyl halides is 3. The number of fused-ring (bicyclic) bond motifs is 1. The van der Waals surface area contributed by atoms with Gasteiger partial charge in [0.2, 0.25) is 0 Å². The van der Waals surface area contributed by atoms with Gasteiger partial charge in [-0.15, -0.1) is 13.2 Å². The van der Waals surface area contributed by atoms with Crippen molar-refractivity contribution in [2.75, 3.05) is 11.5 Å². The number of halogens is 5. The number of benzene rings is 3. The second kappa shape index (κ2) is 10.1. The quantitative estimate of drug-likeness (QED) is 0.231. The zero-order valence-corrected chi connectivity index (χ0v) is 19.5. The largest absolute Gasteiger partial charge is 0.573 e. The summed E-state index contributed by atoms with van der Waals surface area (Å²) < 4.78 is 42.0. The molecule has 10 heteroatoms. The molecule has 5 nitrogen and oxygen atoms in total. The van der Waals surface area contributed by atoms with Crippen molar-refractivity contribution in [3.8, 4) is 5.75 Å². The van der Waals surface area contributed by atoms with Crippen LogP contribution in [0.1, 0.15) is 11.4 Å². The minimum Gasteiger partial charge on any atom is -0.406 e. The summed E-state index contributed by atoms with van der Waals surface area (Å²) in [5.74, 6) is 0.414. The van der Waals surface area contributed by atoms with Crippen LogP contribution in [0.5, 0.6) is 5.75 Å². The van der Waals surface area contributed by atoms with Gasteiger partial charge in [-0.3, -0.25) is 0 Å².